The number of tetrazole rings is 1. The molecule has 1 aromatic heterocycles. The summed E-state index contributed by atoms with van der Waals surface area (Å²) in [6.07, 6.45) is 15.3. The fourth-order valence-electron chi connectivity index (χ4n) is 9.28. The number of H-pyrrole nitrogens is 1. The van der Waals surface area contributed by atoms with Gasteiger partial charge in [-0.3, -0.25) is 0 Å². The maximum Gasteiger partial charge on any atom is 0.174 e. The average Bonchev–Trinajstić information content (AvgIpc) is 3.35. The number of nitrogens with zero attached hydrogens (tertiary/aromatic N) is 3. The first-order chi connectivity index (χ1) is 14.4. The van der Waals surface area contributed by atoms with Crippen LogP contribution in [0.1, 0.15) is 97.2 Å². The van der Waals surface area contributed by atoms with Gasteiger partial charge in [-0.1, -0.05) is 26.0 Å². The van der Waals surface area contributed by atoms with E-state index in [0.29, 0.717) is 10.8 Å². The van der Waals surface area contributed by atoms with Crippen LogP contribution in [0.15, 0.2) is 0 Å². The Bertz CT molecular complexity index is 723. The van der Waals surface area contributed by atoms with Gasteiger partial charge in [0.2, 0.25) is 0 Å². The molecular formula is C25H42N4O. The van der Waals surface area contributed by atoms with Crippen LogP contribution in [0.25, 0.3) is 0 Å². The number of nitrogens with one attached hydrogen (secondary N) is 1. The summed E-state index contributed by atoms with van der Waals surface area (Å²) in [5.74, 6) is 6.10. The first-order valence-electron chi connectivity index (χ1n) is 12.8. The van der Waals surface area contributed by atoms with E-state index in [1.54, 1.807) is 0 Å². The second-order valence-corrected chi connectivity index (χ2v) is 12.0. The Labute approximate surface area is 182 Å². The van der Waals surface area contributed by atoms with Crippen LogP contribution in [0.2, 0.25) is 0 Å². The molecule has 5 heteroatoms. The van der Waals surface area contributed by atoms with Crippen molar-refractivity contribution < 1.29 is 5.11 Å². The summed E-state index contributed by atoms with van der Waals surface area (Å²) in [6.45, 7) is 7.79. The number of fused-ring (bicyclic) bond motifs is 5. The zero-order valence-corrected chi connectivity index (χ0v) is 19.3. The number of rotatable bonds is 5. The first kappa shape index (κ1) is 20.9. The van der Waals surface area contributed by atoms with Gasteiger partial charge in [0, 0.05) is 6.42 Å². The number of aromatic amines is 1. The molecule has 1 heterocycles. The van der Waals surface area contributed by atoms with E-state index in [1.165, 1.54) is 57.8 Å². The number of hydrogen-bond donors (Lipinski definition) is 2. The van der Waals surface area contributed by atoms with Crippen molar-refractivity contribution in [3.63, 3.8) is 0 Å². The van der Waals surface area contributed by atoms with Crippen molar-refractivity contribution in [2.45, 2.75) is 104 Å². The maximum absolute atomic E-state index is 10.3. The highest BCUT2D eigenvalue weighted by Gasteiger charge is 2.60. The van der Waals surface area contributed by atoms with Crippen LogP contribution >= 0.6 is 0 Å². The number of aryl methyl sites for hydroxylation is 1. The molecule has 0 amide bonds. The molecule has 1 aromatic rings. The molecule has 5 rings (SSSR count). The van der Waals surface area contributed by atoms with E-state index in [4.69, 9.17) is 0 Å². The molecule has 4 aliphatic rings. The standard InChI is InChI=1S/C25H42N4O/c1-16(5-4-6-23-26-28-29-27-23)20-9-10-21-19-8-7-17-15-18(30)11-13-24(17,2)22(19)12-14-25(20,21)3/h16-22,30H,4-15H2,1-3H3,(H,26,27,28,29)/t16-,17-,18-,19+,20-,21+,22+,24+,25-/m1/s1. The minimum absolute atomic E-state index is 0.0300. The average molecular weight is 415 g/mol. The van der Waals surface area contributed by atoms with Gasteiger partial charge in [-0.05, 0) is 117 Å². The molecule has 0 saturated heterocycles. The molecule has 0 spiro atoms. The normalized spacial score (nSPS) is 46.7. The first-order valence-corrected chi connectivity index (χ1v) is 12.8. The summed E-state index contributed by atoms with van der Waals surface area (Å²) in [6, 6.07) is 0. The van der Waals surface area contributed by atoms with Gasteiger partial charge in [-0.15, -0.1) is 10.2 Å². The number of aliphatic hydroxyl groups is 1. The Kier molecular flexibility index (Phi) is 5.48. The Balaban J connectivity index is 1.26. The molecule has 30 heavy (non-hydrogen) atoms. The molecule has 0 radical (unpaired) electrons. The van der Waals surface area contributed by atoms with Gasteiger partial charge in [0.25, 0.3) is 0 Å². The third-order valence-electron chi connectivity index (χ3n) is 10.8. The van der Waals surface area contributed by atoms with Crippen LogP contribution in [0.3, 0.4) is 0 Å². The third-order valence-corrected chi connectivity index (χ3v) is 10.8. The number of hydrogen-bond acceptors (Lipinski definition) is 4. The third kappa shape index (κ3) is 3.34. The van der Waals surface area contributed by atoms with E-state index in [1.807, 2.05) is 0 Å². The molecule has 4 saturated carbocycles. The molecular weight excluding hydrogens is 372 g/mol. The van der Waals surface area contributed by atoms with E-state index in [0.717, 1.165) is 60.6 Å². The van der Waals surface area contributed by atoms with Crippen molar-refractivity contribution in [3.05, 3.63) is 5.82 Å². The lowest BCUT2D eigenvalue weighted by Crippen LogP contribution is -2.54. The van der Waals surface area contributed by atoms with Crippen molar-refractivity contribution in [3.8, 4) is 0 Å². The van der Waals surface area contributed by atoms with E-state index in [9.17, 15) is 5.11 Å². The van der Waals surface area contributed by atoms with Gasteiger partial charge in [-0.2, -0.15) is 5.21 Å². The lowest BCUT2D eigenvalue weighted by Gasteiger charge is -2.61. The Morgan fingerprint density at radius 3 is 2.63 bits per heavy atom. The fraction of sp³-hybridized carbons (Fsp3) is 0.960. The van der Waals surface area contributed by atoms with Crippen molar-refractivity contribution in [1.82, 2.24) is 20.6 Å². The zero-order valence-electron chi connectivity index (χ0n) is 19.3. The van der Waals surface area contributed by atoms with Gasteiger partial charge in [-0.25, -0.2) is 0 Å². The van der Waals surface area contributed by atoms with E-state index >= 15 is 0 Å². The highest BCUT2D eigenvalue weighted by Crippen LogP contribution is 2.68. The molecule has 0 bridgehead atoms. The van der Waals surface area contributed by atoms with E-state index in [-0.39, 0.29) is 6.10 Å². The monoisotopic (exact) mass is 414 g/mol. The molecule has 0 aromatic carbocycles. The maximum atomic E-state index is 10.3. The summed E-state index contributed by atoms with van der Waals surface area (Å²) < 4.78 is 0. The SMILES string of the molecule is C[C@H](CCCc1nn[nH]n1)[C@H]1CC[C@H]2[C@@H]3CC[C@@H]4C[C@H](O)CC[C@]4(C)[C@H]3CC[C@]12C. The van der Waals surface area contributed by atoms with Crippen molar-refractivity contribution in [2.75, 3.05) is 0 Å². The van der Waals surface area contributed by atoms with Crippen molar-refractivity contribution >= 4 is 0 Å². The highest BCUT2D eigenvalue weighted by molar-refractivity contribution is 5.09. The van der Waals surface area contributed by atoms with Crippen molar-refractivity contribution in [1.29, 1.82) is 0 Å². The largest absolute Gasteiger partial charge is 0.393 e. The molecule has 0 aliphatic heterocycles. The zero-order chi connectivity index (χ0) is 20.9. The molecule has 2 N–H and O–H groups in total. The summed E-state index contributed by atoms with van der Waals surface area (Å²) >= 11 is 0. The predicted octanol–water partition coefficient (Wildman–Crippen LogP) is 5.18. The van der Waals surface area contributed by atoms with Crippen LogP contribution in [0.5, 0.6) is 0 Å². The number of aromatic nitrogens is 4. The van der Waals surface area contributed by atoms with Gasteiger partial charge in [0.05, 0.1) is 6.10 Å². The topological polar surface area (TPSA) is 74.7 Å². The second kappa shape index (κ2) is 7.86. The Hall–Kier alpha value is -0.970. The van der Waals surface area contributed by atoms with E-state index < -0.39 is 0 Å². The minimum Gasteiger partial charge on any atom is -0.393 e. The Morgan fingerprint density at radius 1 is 1.03 bits per heavy atom. The molecule has 4 fully saturated rings. The van der Waals surface area contributed by atoms with Gasteiger partial charge in [0.1, 0.15) is 0 Å². The van der Waals surface area contributed by atoms with Crippen LogP contribution < -0.4 is 0 Å². The van der Waals surface area contributed by atoms with Crippen LogP contribution in [-0.4, -0.2) is 31.8 Å². The number of aliphatic hydroxyl groups excluding tert-OH is 1. The lowest BCUT2D eigenvalue weighted by atomic mass is 9.44. The second-order valence-electron chi connectivity index (χ2n) is 12.0. The summed E-state index contributed by atoms with van der Waals surface area (Å²) in [4.78, 5) is 0. The summed E-state index contributed by atoms with van der Waals surface area (Å²) in [5.41, 5.74) is 1.04. The molecule has 9 atom stereocenters. The van der Waals surface area contributed by atoms with Crippen LogP contribution in [-0.2, 0) is 6.42 Å². The molecule has 168 valence electrons. The highest BCUT2D eigenvalue weighted by atomic mass is 16.3. The van der Waals surface area contributed by atoms with Gasteiger partial charge < -0.3 is 5.11 Å². The van der Waals surface area contributed by atoms with E-state index in [2.05, 4.69) is 41.4 Å². The predicted molar refractivity (Wildman–Crippen MR) is 118 cm³/mol. The molecule has 5 nitrogen and oxygen atoms in total. The van der Waals surface area contributed by atoms with Crippen LogP contribution in [0.4, 0.5) is 0 Å². The summed E-state index contributed by atoms with van der Waals surface area (Å²) in [5, 5.41) is 24.8. The molecule has 4 aliphatic carbocycles. The van der Waals surface area contributed by atoms with Crippen LogP contribution in [0, 0.1) is 46.3 Å². The minimum atomic E-state index is -0.0300. The van der Waals surface area contributed by atoms with Crippen molar-refractivity contribution in [2.24, 2.45) is 46.3 Å². The smallest absolute Gasteiger partial charge is 0.174 e. The fourth-order valence-corrected chi connectivity index (χ4v) is 9.28. The van der Waals surface area contributed by atoms with Gasteiger partial charge in [0.15, 0.2) is 5.82 Å². The lowest BCUT2D eigenvalue weighted by molar-refractivity contribution is -0.129. The van der Waals surface area contributed by atoms with Gasteiger partial charge >= 0.3 is 0 Å². The quantitative estimate of drug-likeness (QED) is 0.696. The molecule has 0 unspecified atom stereocenters. The summed E-state index contributed by atoms with van der Waals surface area (Å²) in [7, 11) is 0. The Morgan fingerprint density at radius 2 is 1.83 bits per heavy atom.